The number of nitrogens with zero attached hydrogens (tertiary/aromatic N) is 2. The minimum absolute atomic E-state index is 0. The zero-order valence-electron chi connectivity index (χ0n) is 17.2. The minimum atomic E-state index is -0.335. The number of guanidine groups is 1. The van der Waals surface area contributed by atoms with Gasteiger partial charge in [0.25, 0.3) is 0 Å². The van der Waals surface area contributed by atoms with Crippen LogP contribution in [0.4, 0.5) is 4.79 Å². The number of carbonyl (C=O) groups is 1. The molecule has 0 unspecified atom stereocenters. The lowest BCUT2D eigenvalue weighted by Gasteiger charge is -2.32. The molecule has 4 N–H and O–H groups in total. The zero-order valence-corrected chi connectivity index (χ0v) is 20.4. The highest BCUT2D eigenvalue weighted by molar-refractivity contribution is 14.0. The molecule has 0 atom stereocenters. The van der Waals surface area contributed by atoms with Gasteiger partial charge in [0.05, 0.1) is 6.54 Å². The molecule has 2 aromatic carbocycles. The minimum Gasteiger partial charge on any atom is -0.357 e. The number of rotatable bonds is 6. The number of carbonyl (C=O) groups excluding carboxylic acids is 1. The number of likely N-dealkylation sites (tertiary alicyclic amines) is 1. The molecule has 0 bridgehead atoms. The van der Waals surface area contributed by atoms with Gasteiger partial charge in [-0.05, 0) is 49.6 Å². The molecule has 6 nitrogen and oxygen atoms in total. The SMILES string of the molecule is CCNC(=NCc1ccc(Sc2ccccc2)cc1)NC1CCN(C(N)=O)CC1.I. The van der Waals surface area contributed by atoms with Gasteiger partial charge in [-0.1, -0.05) is 42.1 Å². The summed E-state index contributed by atoms with van der Waals surface area (Å²) in [6.07, 6.45) is 1.75. The van der Waals surface area contributed by atoms with Gasteiger partial charge in [-0.3, -0.25) is 0 Å². The topological polar surface area (TPSA) is 82.8 Å². The number of benzene rings is 2. The van der Waals surface area contributed by atoms with Crippen molar-refractivity contribution in [1.82, 2.24) is 15.5 Å². The average Bonchev–Trinajstić information content (AvgIpc) is 2.74. The number of hydrogen-bond donors (Lipinski definition) is 3. The van der Waals surface area contributed by atoms with Crippen molar-refractivity contribution in [2.75, 3.05) is 19.6 Å². The fraction of sp³-hybridized carbons (Fsp3) is 0.364. The summed E-state index contributed by atoms with van der Waals surface area (Å²) in [5.74, 6) is 0.813. The number of halogens is 1. The molecule has 1 saturated heterocycles. The maximum absolute atomic E-state index is 11.3. The number of primary amides is 1. The third kappa shape index (κ3) is 7.71. The number of amides is 2. The van der Waals surface area contributed by atoms with E-state index in [1.54, 1.807) is 16.7 Å². The zero-order chi connectivity index (χ0) is 20.5. The van der Waals surface area contributed by atoms with Crippen molar-refractivity contribution in [3.63, 3.8) is 0 Å². The van der Waals surface area contributed by atoms with E-state index in [1.165, 1.54) is 15.4 Å². The maximum Gasteiger partial charge on any atom is 0.314 e. The average molecular weight is 539 g/mol. The predicted molar refractivity (Wildman–Crippen MR) is 135 cm³/mol. The first-order valence-electron chi connectivity index (χ1n) is 10.0. The molecular weight excluding hydrogens is 509 g/mol. The maximum atomic E-state index is 11.3. The lowest BCUT2D eigenvalue weighted by atomic mass is 10.1. The molecule has 1 aliphatic rings. The van der Waals surface area contributed by atoms with Crippen LogP contribution in [-0.4, -0.2) is 42.6 Å². The summed E-state index contributed by atoms with van der Waals surface area (Å²) < 4.78 is 0. The second-order valence-corrected chi connectivity index (χ2v) is 8.15. The summed E-state index contributed by atoms with van der Waals surface area (Å²) >= 11 is 1.76. The first kappa shape index (κ1) is 24.3. The van der Waals surface area contributed by atoms with E-state index in [2.05, 4.69) is 66.1 Å². The third-order valence-electron chi connectivity index (χ3n) is 4.81. The highest BCUT2D eigenvalue weighted by Crippen LogP contribution is 2.27. The molecule has 3 rings (SSSR count). The highest BCUT2D eigenvalue weighted by Gasteiger charge is 2.21. The summed E-state index contributed by atoms with van der Waals surface area (Å²) in [4.78, 5) is 20.1. The first-order chi connectivity index (χ1) is 14.1. The van der Waals surface area contributed by atoms with Crippen LogP contribution < -0.4 is 16.4 Å². The van der Waals surface area contributed by atoms with Crippen molar-refractivity contribution in [3.05, 3.63) is 60.2 Å². The van der Waals surface area contributed by atoms with E-state index in [1.807, 2.05) is 6.07 Å². The van der Waals surface area contributed by atoms with Crippen LogP contribution in [0.15, 0.2) is 69.4 Å². The van der Waals surface area contributed by atoms with Crippen molar-refractivity contribution >= 4 is 47.7 Å². The summed E-state index contributed by atoms with van der Waals surface area (Å²) in [6, 6.07) is 18.9. The Hall–Kier alpha value is -1.94. The Morgan fingerprint density at radius 1 is 1.10 bits per heavy atom. The van der Waals surface area contributed by atoms with E-state index in [0.717, 1.165) is 25.3 Å². The van der Waals surface area contributed by atoms with Crippen LogP contribution in [0.25, 0.3) is 0 Å². The smallest absolute Gasteiger partial charge is 0.314 e. The van der Waals surface area contributed by atoms with E-state index >= 15 is 0 Å². The molecule has 1 fully saturated rings. The highest BCUT2D eigenvalue weighted by atomic mass is 127. The van der Waals surface area contributed by atoms with Gasteiger partial charge in [-0.15, -0.1) is 24.0 Å². The quantitative estimate of drug-likeness (QED) is 0.294. The Morgan fingerprint density at radius 2 is 1.73 bits per heavy atom. The molecule has 162 valence electrons. The molecule has 1 heterocycles. The summed E-state index contributed by atoms with van der Waals surface area (Å²) in [7, 11) is 0. The Bertz CT molecular complexity index is 808. The van der Waals surface area contributed by atoms with Crippen LogP contribution in [0.3, 0.4) is 0 Å². The number of urea groups is 1. The monoisotopic (exact) mass is 539 g/mol. The van der Waals surface area contributed by atoms with Gasteiger partial charge in [0.1, 0.15) is 0 Å². The lowest BCUT2D eigenvalue weighted by Crippen LogP contribution is -2.50. The van der Waals surface area contributed by atoms with Gasteiger partial charge in [0.2, 0.25) is 0 Å². The van der Waals surface area contributed by atoms with E-state index in [0.29, 0.717) is 25.7 Å². The van der Waals surface area contributed by atoms with Crippen molar-refractivity contribution in [2.24, 2.45) is 10.7 Å². The molecule has 2 amide bonds. The Labute approximate surface area is 200 Å². The number of hydrogen-bond acceptors (Lipinski definition) is 3. The fourth-order valence-corrected chi connectivity index (χ4v) is 4.05. The van der Waals surface area contributed by atoms with Gasteiger partial charge in [-0.25, -0.2) is 9.79 Å². The normalized spacial score (nSPS) is 14.7. The molecule has 8 heteroatoms. The molecule has 0 aromatic heterocycles. The molecule has 2 aromatic rings. The van der Waals surface area contributed by atoms with Gasteiger partial charge in [0.15, 0.2) is 5.96 Å². The van der Waals surface area contributed by atoms with Crippen LogP contribution >= 0.6 is 35.7 Å². The molecule has 0 radical (unpaired) electrons. The molecule has 30 heavy (non-hydrogen) atoms. The van der Waals surface area contributed by atoms with Gasteiger partial charge < -0.3 is 21.3 Å². The number of nitrogens with two attached hydrogens (primary N) is 1. The standard InChI is InChI=1S/C22H29N5OS.HI/c1-2-24-22(26-18-12-14-27(15-13-18)21(23)28)25-16-17-8-10-20(11-9-17)29-19-6-4-3-5-7-19;/h3-11,18H,2,12-16H2,1H3,(H2,23,28)(H2,24,25,26);1H. The molecule has 0 saturated carbocycles. The molecule has 0 spiro atoms. The largest absolute Gasteiger partial charge is 0.357 e. The molecule has 1 aliphatic heterocycles. The Morgan fingerprint density at radius 3 is 2.33 bits per heavy atom. The molecular formula is C22H30IN5OS. The van der Waals surface area contributed by atoms with Gasteiger partial charge in [-0.2, -0.15) is 0 Å². The van der Waals surface area contributed by atoms with Gasteiger partial charge >= 0.3 is 6.03 Å². The van der Waals surface area contributed by atoms with Crippen molar-refractivity contribution in [3.8, 4) is 0 Å². The van der Waals surface area contributed by atoms with Crippen molar-refractivity contribution in [1.29, 1.82) is 0 Å². The van der Waals surface area contributed by atoms with Crippen LogP contribution in [-0.2, 0) is 6.54 Å². The number of piperidine rings is 1. The van der Waals surface area contributed by atoms with Crippen LogP contribution in [0.2, 0.25) is 0 Å². The summed E-state index contributed by atoms with van der Waals surface area (Å²) in [5.41, 5.74) is 6.53. The van der Waals surface area contributed by atoms with E-state index in [9.17, 15) is 4.79 Å². The van der Waals surface area contributed by atoms with Crippen molar-refractivity contribution in [2.45, 2.75) is 42.1 Å². The summed E-state index contributed by atoms with van der Waals surface area (Å²) in [5, 5.41) is 6.79. The second kappa shape index (κ2) is 12.7. The van der Waals surface area contributed by atoms with Crippen LogP contribution in [0.1, 0.15) is 25.3 Å². The van der Waals surface area contributed by atoms with Crippen LogP contribution in [0, 0.1) is 0 Å². The second-order valence-electron chi connectivity index (χ2n) is 7.00. The van der Waals surface area contributed by atoms with Crippen LogP contribution in [0.5, 0.6) is 0 Å². The third-order valence-corrected chi connectivity index (χ3v) is 5.83. The van der Waals surface area contributed by atoms with Crippen molar-refractivity contribution < 1.29 is 4.79 Å². The molecule has 0 aliphatic carbocycles. The Kier molecular flexibility index (Phi) is 10.3. The Balaban J connectivity index is 0.00000320. The lowest BCUT2D eigenvalue weighted by molar-refractivity contribution is 0.188. The van der Waals surface area contributed by atoms with E-state index in [4.69, 9.17) is 10.7 Å². The fourth-order valence-electron chi connectivity index (χ4n) is 3.22. The van der Waals surface area contributed by atoms with Gasteiger partial charge in [0, 0.05) is 35.5 Å². The number of aliphatic imine (C=N–C) groups is 1. The predicted octanol–water partition coefficient (Wildman–Crippen LogP) is 4.05. The number of nitrogens with one attached hydrogen (secondary N) is 2. The van der Waals surface area contributed by atoms with E-state index < -0.39 is 0 Å². The van der Waals surface area contributed by atoms with E-state index in [-0.39, 0.29) is 30.0 Å². The first-order valence-corrected chi connectivity index (χ1v) is 10.9. The summed E-state index contributed by atoms with van der Waals surface area (Å²) in [6.45, 7) is 4.85.